The molecule has 1 atom stereocenters. The molecule has 6 heteroatoms. The Bertz CT molecular complexity index is 244. The van der Waals surface area contributed by atoms with Crippen molar-refractivity contribution >= 4 is 5.91 Å². The summed E-state index contributed by atoms with van der Waals surface area (Å²) >= 11 is 0. The van der Waals surface area contributed by atoms with Gasteiger partial charge in [0.15, 0.2) is 0 Å². The summed E-state index contributed by atoms with van der Waals surface area (Å²) in [6, 6.07) is 0. The molecule has 0 aliphatic rings. The van der Waals surface area contributed by atoms with Gasteiger partial charge < -0.3 is 10.4 Å². The van der Waals surface area contributed by atoms with Gasteiger partial charge in [0, 0.05) is 6.54 Å². The van der Waals surface area contributed by atoms with Crippen molar-refractivity contribution in [1.29, 1.82) is 0 Å². The predicted octanol–water partition coefficient (Wildman–Crippen LogP) is -1.08. The number of aliphatic hydroxyl groups excluding tert-OH is 1. The molecule has 0 bridgehead atoms. The molecule has 0 fully saturated rings. The van der Waals surface area contributed by atoms with E-state index >= 15 is 0 Å². The average Bonchev–Trinajstić information content (AvgIpc) is 2.51. The Morgan fingerprint density at radius 2 is 2.67 bits per heavy atom. The summed E-state index contributed by atoms with van der Waals surface area (Å²) in [6.07, 6.45) is 0.689. The van der Waals surface area contributed by atoms with Crippen LogP contribution < -0.4 is 5.32 Å². The van der Waals surface area contributed by atoms with Gasteiger partial charge >= 0.3 is 0 Å². The normalized spacial score (nSPS) is 12.5. The summed E-state index contributed by atoms with van der Waals surface area (Å²) in [5.74, 6) is -0.218. The van der Waals surface area contributed by atoms with Crippen LogP contribution in [-0.2, 0) is 0 Å². The standard InChI is InChI=1S/C6H10N4O2/c1-4(11)2-7-6(12)5-8-3-9-10-5/h3-4,11H,2H2,1H3,(H,7,12)(H,8,9,10)/t4-/m0/s1. The fraction of sp³-hybridized carbons (Fsp3) is 0.500. The molecule has 0 aliphatic carbocycles. The van der Waals surface area contributed by atoms with E-state index < -0.39 is 6.10 Å². The van der Waals surface area contributed by atoms with E-state index in [4.69, 9.17) is 5.11 Å². The maximum absolute atomic E-state index is 11.1. The highest BCUT2D eigenvalue weighted by atomic mass is 16.3. The zero-order chi connectivity index (χ0) is 8.97. The van der Waals surface area contributed by atoms with Gasteiger partial charge in [-0.15, -0.1) is 0 Å². The minimum Gasteiger partial charge on any atom is -0.392 e. The Balaban J connectivity index is 2.40. The second-order valence-electron chi connectivity index (χ2n) is 2.39. The fourth-order valence-electron chi connectivity index (χ4n) is 0.639. The van der Waals surface area contributed by atoms with Gasteiger partial charge in [-0.2, -0.15) is 5.10 Å². The molecule has 66 valence electrons. The molecule has 0 spiro atoms. The maximum Gasteiger partial charge on any atom is 0.288 e. The van der Waals surface area contributed by atoms with Crippen LogP contribution in [0.3, 0.4) is 0 Å². The van der Waals surface area contributed by atoms with Gasteiger partial charge in [0.1, 0.15) is 6.33 Å². The highest BCUT2D eigenvalue weighted by Gasteiger charge is 2.07. The van der Waals surface area contributed by atoms with Crippen molar-refractivity contribution in [2.45, 2.75) is 13.0 Å². The number of aliphatic hydroxyl groups is 1. The largest absolute Gasteiger partial charge is 0.392 e. The molecule has 1 amide bonds. The van der Waals surface area contributed by atoms with Crippen LogP contribution in [0.4, 0.5) is 0 Å². The van der Waals surface area contributed by atoms with Gasteiger partial charge in [-0.3, -0.25) is 9.89 Å². The molecule has 0 radical (unpaired) electrons. The monoisotopic (exact) mass is 170 g/mol. The molecule has 6 nitrogen and oxygen atoms in total. The quantitative estimate of drug-likeness (QED) is 0.538. The molecular formula is C6H10N4O2. The van der Waals surface area contributed by atoms with E-state index in [1.807, 2.05) is 0 Å². The first-order chi connectivity index (χ1) is 5.70. The van der Waals surface area contributed by atoms with Crippen LogP contribution >= 0.6 is 0 Å². The molecule has 1 heterocycles. The number of nitrogens with one attached hydrogen (secondary N) is 2. The lowest BCUT2D eigenvalue weighted by Crippen LogP contribution is -2.31. The first-order valence-electron chi connectivity index (χ1n) is 3.52. The molecule has 0 saturated carbocycles. The number of hydrogen-bond donors (Lipinski definition) is 3. The molecule has 12 heavy (non-hydrogen) atoms. The van der Waals surface area contributed by atoms with Crippen molar-refractivity contribution < 1.29 is 9.90 Å². The van der Waals surface area contributed by atoms with Crippen molar-refractivity contribution in [3.63, 3.8) is 0 Å². The molecule has 0 aliphatic heterocycles. The van der Waals surface area contributed by atoms with Crippen LogP contribution in [0.25, 0.3) is 0 Å². The van der Waals surface area contributed by atoms with Crippen LogP contribution in [0.1, 0.15) is 17.5 Å². The third-order valence-corrected chi connectivity index (χ3v) is 1.19. The van der Waals surface area contributed by atoms with E-state index in [0.717, 1.165) is 0 Å². The van der Waals surface area contributed by atoms with Crippen LogP contribution in [-0.4, -0.2) is 38.8 Å². The van der Waals surface area contributed by atoms with Crippen molar-refractivity contribution in [1.82, 2.24) is 20.5 Å². The number of carbonyl (C=O) groups is 1. The summed E-state index contributed by atoms with van der Waals surface area (Å²) in [5.41, 5.74) is 0. The van der Waals surface area contributed by atoms with E-state index in [1.165, 1.54) is 6.33 Å². The second-order valence-corrected chi connectivity index (χ2v) is 2.39. The molecule has 3 N–H and O–H groups in total. The van der Waals surface area contributed by atoms with E-state index in [2.05, 4.69) is 20.5 Å². The van der Waals surface area contributed by atoms with Crippen molar-refractivity contribution in [2.75, 3.05) is 6.54 Å². The number of rotatable bonds is 3. The van der Waals surface area contributed by atoms with E-state index in [9.17, 15) is 4.79 Å². The minimum atomic E-state index is -0.558. The van der Waals surface area contributed by atoms with Crippen molar-refractivity contribution in [3.8, 4) is 0 Å². The number of H-pyrrole nitrogens is 1. The summed E-state index contributed by atoms with van der Waals surface area (Å²) in [6.45, 7) is 1.79. The van der Waals surface area contributed by atoms with Crippen LogP contribution in [0.5, 0.6) is 0 Å². The lowest BCUT2D eigenvalue weighted by Gasteiger charge is -2.03. The summed E-state index contributed by atoms with van der Waals surface area (Å²) in [7, 11) is 0. The van der Waals surface area contributed by atoms with Gasteiger partial charge in [0.2, 0.25) is 5.82 Å². The smallest absolute Gasteiger partial charge is 0.288 e. The van der Waals surface area contributed by atoms with Gasteiger partial charge in [-0.05, 0) is 6.92 Å². The first-order valence-corrected chi connectivity index (χ1v) is 3.52. The molecular weight excluding hydrogens is 160 g/mol. The zero-order valence-electron chi connectivity index (χ0n) is 6.61. The van der Waals surface area contributed by atoms with Gasteiger partial charge in [0.25, 0.3) is 5.91 Å². The molecule has 0 aromatic carbocycles. The summed E-state index contributed by atoms with van der Waals surface area (Å²) in [5, 5.41) is 17.2. The topological polar surface area (TPSA) is 90.9 Å². The molecule has 1 rings (SSSR count). The third kappa shape index (κ3) is 2.31. The number of aromatic nitrogens is 3. The third-order valence-electron chi connectivity index (χ3n) is 1.19. The number of hydrogen-bond acceptors (Lipinski definition) is 4. The minimum absolute atomic E-state index is 0.149. The van der Waals surface area contributed by atoms with Gasteiger partial charge in [-0.1, -0.05) is 0 Å². The Labute approximate surface area is 69.0 Å². The molecule has 1 aromatic heterocycles. The van der Waals surface area contributed by atoms with E-state index in [-0.39, 0.29) is 18.3 Å². The Morgan fingerprint density at radius 1 is 1.92 bits per heavy atom. The SMILES string of the molecule is C[C@H](O)CNC(=O)c1ncn[nH]1. The molecule has 0 unspecified atom stereocenters. The summed E-state index contributed by atoms with van der Waals surface area (Å²) < 4.78 is 0. The van der Waals surface area contributed by atoms with Crippen molar-refractivity contribution in [2.24, 2.45) is 0 Å². The molecule has 1 aromatic rings. The van der Waals surface area contributed by atoms with Crippen LogP contribution in [0.15, 0.2) is 6.33 Å². The number of aromatic amines is 1. The number of nitrogens with zero attached hydrogens (tertiary/aromatic N) is 2. The second kappa shape index (κ2) is 3.82. The predicted molar refractivity (Wildman–Crippen MR) is 40.4 cm³/mol. The lowest BCUT2D eigenvalue weighted by atomic mass is 10.4. The van der Waals surface area contributed by atoms with E-state index in [0.29, 0.717) is 0 Å². The van der Waals surface area contributed by atoms with Gasteiger partial charge in [0.05, 0.1) is 6.10 Å². The van der Waals surface area contributed by atoms with Gasteiger partial charge in [-0.25, -0.2) is 4.98 Å². The first kappa shape index (κ1) is 8.66. The Kier molecular flexibility index (Phi) is 2.76. The highest BCUT2D eigenvalue weighted by molar-refractivity contribution is 5.90. The van der Waals surface area contributed by atoms with E-state index in [1.54, 1.807) is 6.92 Å². The number of carbonyl (C=O) groups excluding carboxylic acids is 1. The van der Waals surface area contributed by atoms with Crippen LogP contribution in [0, 0.1) is 0 Å². The maximum atomic E-state index is 11.1. The Morgan fingerprint density at radius 3 is 3.17 bits per heavy atom. The summed E-state index contributed by atoms with van der Waals surface area (Å²) in [4.78, 5) is 14.7. The lowest BCUT2D eigenvalue weighted by molar-refractivity contribution is 0.0914. The van der Waals surface area contributed by atoms with Crippen molar-refractivity contribution in [3.05, 3.63) is 12.2 Å². The van der Waals surface area contributed by atoms with Crippen LogP contribution in [0.2, 0.25) is 0 Å². The molecule has 0 saturated heterocycles. The highest BCUT2D eigenvalue weighted by Crippen LogP contribution is 1.85. The Hall–Kier alpha value is -1.43. The zero-order valence-corrected chi connectivity index (χ0v) is 6.61. The fourth-order valence-corrected chi connectivity index (χ4v) is 0.639. The number of amides is 1. The average molecular weight is 170 g/mol.